The quantitative estimate of drug-likeness (QED) is 0.877. The first-order chi connectivity index (χ1) is 7.81. The third-order valence-electron chi connectivity index (χ3n) is 2.20. The number of hydrogen-bond acceptors (Lipinski definition) is 3. The van der Waals surface area contributed by atoms with Crippen molar-refractivity contribution in [3.05, 3.63) is 23.7 Å². The number of ether oxygens (including phenoxy) is 1. The lowest BCUT2D eigenvalue weighted by molar-refractivity contribution is 0.0495. The molecular weight excluding hydrogens is 218 g/mol. The fourth-order valence-corrected chi connectivity index (χ4v) is 1.46. The van der Waals surface area contributed by atoms with Crippen LogP contribution in [-0.2, 0) is 4.74 Å². The van der Waals surface area contributed by atoms with E-state index < -0.39 is 11.7 Å². The molecule has 0 fully saturated rings. The summed E-state index contributed by atoms with van der Waals surface area (Å²) >= 11 is 0. The Bertz CT molecular complexity index is 376. The van der Waals surface area contributed by atoms with Gasteiger partial charge >= 0.3 is 6.09 Å². The van der Waals surface area contributed by atoms with Gasteiger partial charge in [-0.05, 0) is 46.2 Å². The first-order valence-electron chi connectivity index (χ1n) is 5.87. The summed E-state index contributed by atoms with van der Waals surface area (Å²) in [5.41, 5.74) is -0.485. The van der Waals surface area contributed by atoms with Gasteiger partial charge in [-0.1, -0.05) is 6.92 Å². The van der Waals surface area contributed by atoms with Gasteiger partial charge in [0.15, 0.2) is 0 Å². The third kappa shape index (κ3) is 4.51. The van der Waals surface area contributed by atoms with E-state index in [1.807, 2.05) is 46.8 Å². The second-order valence-corrected chi connectivity index (χ2v) is 5.06. The van der Waals surface area contributed by atoms with Gasteiger partial charge in [0.05, 0.1) is 6.04 Å². The van der Waals surface area contributed by atoms with Crippen LogP contribution in [0.5, 0.6) is 0 Å². The van der Waals surface area contributed by atoms with Crippen molar-refractivity contribution in [2.45, 2.75) is 52.7 Å². The van der Waals surface area contributed by atoms with Gasteiger partial charge in [0.1, 0.15) is 17.1 Å². The molecule has 4 heteroatoms. The van der Waals surface area contributed by atoms with E-state index in [0.717, 1.165) is 17.9 Å². The molecule has 4 nitrogen and oxygen atoms in total. The first-order valence-corrected chi connectivity index (χ1v) is 5.87. The Morgan fingerprint density at radius 1 is 1.47 bits per heavy atom. The molecule has 1 rings (SSSR count). The molecule has 0 aliphatic rings. The number of amides is 1. The molecule has 0 spiro atoms. The van der Waals surface area contributed by atoms with Crippen LogP contribution in [0.15, 0.2) is 16.5 Å². The second-order valence-electron chi connectivity index (χ2n) is 5.06. The predicted molar refractivity (Wildman–Crippen MR) is 65.8 cm³/mol. The fourth-order valence-electron chi connectivity index (χ4n) is 1.46. The van der Waals surface area contributed by atoms with Gasteiger partial charge in [-0.15, -0.1) is 0 Å². The van der Waals surface area contributed by atoms with Crippen molar-refractivity contribution in [1.29, 1.82) is 0 Å². The highest BCUT2D eigenvalue weighted by Crippen LogP contribution is 2.19. The number of aryl methyl sites for hydroxylation is 1. The van der Waals surface area contributed by atoms with Crippen LogP contribution in [0.2, 0.25) is 0 Å². The molecule has 1 amide bonds. The lowest BCUT2D eigenvalue weighted by Gasteiger charge is -2.22. The molecule has 0 saturated carbocycles. The summed E-state index contributed by atoms with van der Waals surface area (Å²) < 4.78 is 10.7. The zero-order valence-electron chi connectivity index (χ0n) is 11.2. The minimum Gasteiger partial charge on any atom is -0.464 e. The Morgan fingerprint density at radius 2 is 2.12 bits per heavy atom. The standard InChI is InChI=1S/C13H21NO3/c1-6-10(11-8-7-9(2)16-11)14-12(15)17-13(3,4)5/h7-8,10H,6H2,1-5H3,(H,14,15)/t10-/m1/s1. The maximum Gasteiger partial charge on any atom is 0.408 e. The number of alkyl carbamates (subject to hydrolysis) is 1. The van der Waals surface area contributed by atoms with Crippen LogP contribution >= 0.6 is 0 Å². The molecule has 17 heavy (non-hydrogen) atoms. The monoisotopic (exact) mass is 239 g/mol. The SMILES string of the molecule is CC[C@@H](NC(=O)OC(C)(C)C)c1ccc(C)o1. The number of furan rings is 1. The van der Waals surface area contributed by atoms with Crippen molar-refractivity contribution in [2.75, 3.05) is 0 Å². The van der Waals surface area contributed by atoms with Crippen molar-refractivity contribution in [2.24, 2.45) is 0 Å². The number of carbonyl (C=O) groups is 1. The Labute approximate surface area is 102 Å². The summed E-state index contributed by atoms with van der Waals surface area (Å²) in [7, 11) is 0. The van der Waals surface area contributed by atoms with Gasteiger partial charge in [0.25, 0.3) is 0 Å². The number of rotatable bonds is 3. The number of hydrogen-bond donors (Lipinski definition) is 1. The maximum atomic E-state index is 11.6. The Balaban J connectivity index is 2.62. The van der Waals surface area contributed by atoms with Crippen LogP contribution < -0.4 is 5.32 Å². The summed E-state index contributed by atoms with van der Waals surface area (Å²) in [5.74, 6) is 1.60. The number of carbonyl (C=O) groups excluding carboxylic acids is 1. The maximum absolute atomic E-state index is 11.6. The van der Waals surface area contributed by atoms with Crippen molar-refractivity contribution in [3.8, 4) is 0 Å². The molecule has 1 aromatic rings. The van der Waals surface area contributed by atoms with Crippen LogP contribution in [0.1, 0.15) is 51.7 Å². The second kappa shape index (κ2) is 5.25. The average Bonchev–Trinajstić information content (AvgIpc) is 2.58. The molecule has 0 saturated heterocycles. The van der Waals surface area contributed by atoms with Crippen LogP contribution in [0, 0.1) is 6.92 Å². The van der Waals surface area contributed by atoms with E-state index in [4.69, 9.17) is 9.15 Å². The summed E-state index contributed by atoms with van der Waals surface area (Å²) in [6.45, 7) is 9.38. The lowest BCUT2D eigenvalue weighted by atomic mass is 10.2. The molecule has 0 aromatic carbocycles. The summed E-state index contributed by atoms with van der Waals surface area (Å²) in [5, 5.41) is 2.80. The van der Waals surface area contributed by atoms with E-state index in [2.05, 4.69) is 5.32 Å². The van der Waals surface area contributed by atoms with Gasteiger partial charge in [-0.2, -0.15) is 0 Å². The molecule has 0 unspecified atom stereocenters. The molecule has 0 radical (unpaired) electrons. The van der Waals surface area contributed by atoms with Crippen molar-refractivity contribution >= 4 is 6.09 Å². The first kappa shape index (κ1) is 13.6. The minimum absolute atomic E-state index is 0.140. The topological polar surface area (TPSA) is 51.5 Å². The fraction of sp³-hybridized carbons (Fsp3) is 0.615. The number of nitrogens with one attached hydrogen (secondary N) is 1. The molecule has 96 valence electrons. The van der Waals surface area contributed by atoms with Crippen LogP contribution in [-0.4, -0.2) is 11.7 Å². The normalized spacial score (nSPS) is 13.2. The third-order valence-corrected chi connectivity index (χ3v) is 2.20. The van der Waals surface area contributed by atoms with Crippen molar-refractivity contribution in [3.63, 3.8) is 0 Å². The van der Waals surface area contributed by atoms with E-state index in [0.29, 0.717) is 0 Å². The average molecular weight is 239 g/mol. The largest absolute Gasteiger partial charge is 0.464 e. The molecule has 1 aromatic heterocycles. The van der Waals surface area contributed by atoms with E-state index in [9.17, 15) is 4.79 Å². The highest BCUT2D eigenvalue weighted by Gasteiger charge is 2.21. The van der Waals surface area contributed by atoms with Crippen LogP contribution in [0.3, 0.4) is 0 Å². The zero-order valence-corrected chi connectivity index (χ0v) is 11.2. The van der Waals surface area contributed by atoms with Crippen molar-refractivity contribution in [1.82, 2.24) is 5.32 Å². The highest BCUT2D eigenvalue weighted by molar-refractivity contribution is 5.68. The van der Waals surface area contributed by atoms with E-state index in [1.165, 1.54) is 0 Å². The van der Waals surface area contributed by atoms with E-state index >= 15 is 0 Å². The molecule has 1 heterocycles. The smallest absolute Gasteiger partial charge is 0.408 e. The lowest BCUT2D eigenvalue weighted by Crippen LogP contribution is -2.34. The highest BCUT2D eigenvalue weighted by atomic mass is 16.6. The summed E-state index contributed by atoms with van der Waals surface area (Å²) in [4.78, 5) is 11.6. The molecule has 0 bridgehead atoms. The van der Waals surface area contributed by atoms with E-state index in [1.54, 1.807) is 0 Å². The zero-order chi connectivity index (χ0) is 13.1. The molecule has 1 atom stereocenters. The van der Waals surface area contributed by atoms with Gasteiger partial charge in [0, 0.05) is 0 Å². The summed E-state index contributed by atoms with van der Waals surface area (Å²) in [6.07, 6.45) is 0.338. The molecule has 0 aliphatic carbocycles. The minimum atomic E-state index is -0.485. The van der Waals surface area contributed by atoms with Crippen molar-refractivity contribution < 1.29 is 13.9 Å². The predicted octanol–water partition coefficient (Wildman–Crippen LogP) is 3.56. The molecular formula is C13H21NO3. The molecule has 0 aliphatic heterocycles. The van der Waals surface area contributed by atoms with Gasteiger partial charge < -0.3 is 14.5 Å². The van der Waals surface area contributed by atoms with Gasteiger partial charge in [0.2, 0.25) is 0 Å². The molecule has 1 N–H and O–H groups in total. The van der Waals surface area contributed by atoms with Gasteiger partial charge in [-0.3, -0.25) is 0 Å². The Morgan fingerprint density at radius 3 is 2.53 bits per heavy atom. The van der Waals surface area contributed by atoms with Crippen LogP contribution in [0.4, 0.5) is 4.79 Å². The Kier molecular flexibility index (Phi) is 4.21. The summed E-state index contributed by atoms with van der Waals surface area (Å²) in [6, 6.07) is 3.62. The van der Waals surface area contributed by atoms with E-state index in [-0.39, 0.29) is 6.04 Å². The Hall–Kier alpha value is -1.45. The van der Waals surface area contributed by atoms with Gasteiger partial charge in [-0.25, -0.2) is 4.79 Å². The van der Waals surface area contributed by atoms with Crippen LogP contribution in [0.25, 0.3) is 0 Å².